The summed E-state index contributed by atoms with van der Waals surface area (Å²) >= 11 is 0. The molecule has 2 radical (unpaired) electrons. The Labute approximate surface area is 142 Å². The molecule has 8 nitrogen and oxygen atoms in total. The smallest absolute Gasteiger partial charge is 0.410 e. The number of hydrogen-bond acceptors (Lipinski definition) is 6. The molecule has 1 fully saturated rings. The molecular formula is C15H22BN5O3. The Morgan fingerprint density at radius 3 is 2.83 bits per heavy atom. The van der Waals surface area contributed by atoms with Gasteiger partial charge in [0.05, 0.1) is 0 Å². The molecule has 0 spiro atoms. The van der Waals surface area contributed by atoms with Gasteiger partial charge >= 0.3 is 6.09 Å². The van der Waals surface area contributed by atoms with Crippen molar-refractivity contribution in [2.75, 3.05) is 18.8 Å². The van der Waals surface area contributed by atoms with Crippen molar-refractivity contribution in [1.29, 1.82) is 0 Å². The van der Waals surface area contributed by atoms with Gasteiger partial charge in [-0.1, -0.05) is 0 Å². The number of anilines is 1. The Morgan fingerprint density at radius 2 is 2.17 bits per heavy atom. The third-order valence-electron chi connectivity index (χ3n) is 3.44. The van der Waals surface area contributed by atoms with E-state index in [0.717, 1.165) is 12.8 Å². The lowest BCUT2D eigenvalue weighted by Gasteiger charge is -2.34. The van der Waals surface area contributed by atoms with Crippen LogP contribution in [-0.2, 0) is 4.74 Å². The second kappa shape index (κ2) is 7.06. The second-order valence-corrected chi connectivity index (χ2v) is 6.77. The zero-order valence-corrected chi connectivity index (χ0v) is 14.2. The molecule has 1 aromatic heterocycles. The van der Waals surface area contributed by atoms with Gasteiger partial charge in [0, 0.05) is 30.9 Å². The van der Waals surface area contributed by atoms with Crippen molar-refractivity contribution in [2.24, 2.45) is 0 Å². The summed E-state index contributed by atoms with van der Waals surface area (Å²) in [5, 5.41) is 2.82. The quantitative estimate of drug-likeness (QED) is 0.737. The Bertz CT molecular complexity index is 632. The minimum atomic E-state index is -0.557. The number of carbonyl (C=O) groups excluding carboxylic acids is 2. The summed E-state index contributed by atoms with van der Waals surface area (Å²) in [6.07, 6.45) is 2.42. The van der Waals surface area contributed by atoms with Crippen LogP contribution in [0.15, 0.2) is 6.20 Å². The van der Waals surface area contributed by atoms with E-state index in [4.69, 9.17) is 18.3 Å². The van der Waals surface area contributed by atoms with Crippen LogP contribution in [0.1, 0.15) is 44.1 Å². The fourth-order valence-electron chi connectivity index (χ4n) is 2.42. The summed E-state index contributed by atoms with van der Waals surface area (Å²) < 4.78 is 5.37. The molecule has 2 rings (SSSR count). The van der Waals surface area contributed by atoms with Gasteiger partial charge in [-0.3, -0.25) is 9.78 Å². The van der Waals surface area contributed by atoms with E-state index in [9.17, 15) is 9.59 Å². The Morgan fingerprint density at radius 1 is 1.46 bits per heavy atom. The number of nitrogens with zero attached hydrogens (tertiary/aromatic N) is 3. The first-order valence-electron chi connectivity index (χ1n) is 7.82. The van der Waals surface area contributed by atoms with Crippen LogP contribution in [0.3, 0.4) is 0 Å². The largest absolute Gasteiger partial charge is 0.444 e. The molecular weight excluding hydrogens is 309 g/mol. The summed E-state index contributed by atoms with van der Waals surface area (Å²) in [5.41, 5.74) is 5.22. The summed E-state index contributed by atoms with van der Waals surface area (Å²) in [5.74, 6) is -0.440. The summed E-state index contributed by atoms with van der Waals surface area (Å²) in [6, 6.07) is -0.207. The molecule has 2 amide bonds. The van der Waals surface area contributed by atoms with Crippen LogP contribution in [0.5, 0.6) is 0 Å². The topological polar surface area (TPSA) is 110 Å². The van der Waals surface area contributed by atoms with Gasteiger partial charge in [-0.2, -0.15) is 0 Å². The predicted octanol–water partition coefficient (Wildman–Crippen LogP) is -0.0181. The van der Waals surface area contributed by atoms with Gasteiger partial charge in [-0.05, 0) is 33.6 Å². The monoisotopic (exact) mass is 331 g/mol. The second-order valence-electron chi connectivity index (χ2n) is 6.77. The average molecular weight is 331 g/mol. The van der Waals surface area contributed by atoms with Gasteiger partial charge in [0.1, 0.15) is 13.4 Å². The van der Waals surface area contributed by atoms with E-state index in [0.29, 0.717) is 13.1 Å². The van der Waals surface area contributed by atoms with E-state index >= 15 is 0 Å². The van der Waals surface area contributed by atoms with E-state index in [2.05, 4.69) is 15.3 Å². The van der Waals surface area contributed by atoms with Crippen molar-refractivity contribution in [3.63, 3.8) is 0 Å². The molecule has 0 unspecified atom stereocenters. The zero-order chi connectivity index (χ0) is 17.9. The summed E-state index contributed by atoms with van der Waals surface area (Å²) in [4.78, 5) is 33.8. The van der Waals surface area contributed by atoms with Crippen molar-refractivity contribution in [3.05, 3.63) is 11.9 Å². The SMILES string of the molecule is [B]c1cnc(N)c(C(=O)N[C@H]2CCCN(C(=O)OC(C)(C)C)C2)n1. The number of amides is 2. The number of ether oxygens (including phenoxy) is 1. The fourth-order valence-corrected chi connectivity index (χ4v) is 2.42. The molecule has 1 aliphatic rings. The maximum Gasteiger partial charge on any atom is 0.410 e. The molecule has 1 saturated heterocycles. The van der Waals surface area contributed by atoms with Crippen LogP contribution in [0.2, 0.25) is 0 Å². The summed E-state index contributed by atoms with van der Waals surface area (Å²) in [7, 11) is 5.54. The number of rotatable bonds is 2. The highest BCUT2D eigenvalue weighted by Crippen LogP contribution is 2.16. The molecule has 0 bridgehead atoms. The number of likely N-dealkylation sites (tertiary alicyclic amines) is 1. The van der Waals surface area contributed by atoms with Gasteiger partial charge in [-0.25, -0.2) is 9.78 Å². The molecule has 1 aromatic rings. The van der Waals surface area contributed by atoms with E-state index in [1.165, 1.54) is 6.20 Å². The number of nitrogens with two attached hydrogens (primary N) is 1. The van der Waals surface area contributed by atoms with Crippen LogP contribution in [0.4, 0.5) is 10.6 Å². The van der Waals surface area contributed by atoms with Gasteiger partial charge in [-0.15, -0.1) is 0 Å². The molecule has 2 heterocycles. The van der Waals surface area contributed by atoms with Crippen molar-refractivity contribution in [3.8, 4) is 0 Å². The van der Waals surface area contributed by atoms with Crippen LogP contribution < -0.4 is 16.6 Å². The van der Waals surface area contributed by atoms with E-state index in [-0.39, 0.29) is 29.2 Å². The number of nitrogens with one attached hydrogen (secondary N) is 1. The maximum absolute atomic E-state index is 12.3. The molecule has 9 heteroatoms. The minimum absolute atomic E-state index is 0.00982. The Balaban J connectivity index is 1.99. The Hall–Kier alpha value is -2.32. The molecule has 24 heavy (non-hydrogen) atoms. The average Bonchev–Trinajstić information content (AvgIpc) is 2.48. The fraction of sp³-hybridized carbons (Fsp3) is 0.600. The van der Waals surface area contributed by atoms with Gasteiger partial charge < -0.3 is 20.7 Å². The van der Waals surface area contributed by atoms with Crippen LogP contribution >= 0.6 is 0 Å². The first-order valence-corrected chi connectivity index (χ1v) is 7.82. The van der Waals surface area contributed by atoms with E-state index in [1.54, 1.807) is 4.90 Å². The zero-order valence-electron chi connectivity index (χ0n) is 14.2. The molecule has 1 atom stereocenters. The van der Waals surface area contributed by atoms with Gasteiger partial charge in [0.15, 0.2) is 11.5 Å². The number of piperidine rings is 1. The summed E-state index contributed by atoms with van der Waals surface area (Å²) in [6.45, 7) is 6.41. The number of carbonyl (C=O) groups is 2. The number of hydrogen-bond donors (Lipinski definition) is 2. The van der Waals surface area contributed by atoms with Crippen LogP contribution in [0, 0.1) is 0 Å². The van der Waals surface area contributed by atoms with Crippen LogP contribution in [-0.4, -0.2) is 59.4 Å². The predicted molar refractivity (Wildman–Crippen MR) is 90.1 cm³/mol. The normalized spacial score (nSPS) is 18.1. The molecule has 1 aliphatic heterocycles. The first kappa shape index (κ1) is 18.0. The Kier molecular flexibility index (Phi) is 5.31. The maximum atomic E-state index is 12.3. The molecule has 0 saturated carbocycles. The highest BCUT2D eigenvalue weighted by molar-refractivity contribution is 6.30. The van der Waals surface area contributed by atoms with Crippen molar-refractivity contribution >= 4 is 31.3 Å². The third-order valence-corrected chi connectivity index (χ3v) is 3.44. The number of aromatic nitrogens is 2. The van der Waals surface area contributed by atoms with E-state index < -0.39 is 11.5 Å². The lowest BCUT2D eigenvalue weighted by molar-refractivity contribution is 0.0185. The molecule has 0 aliphatic carbocycles. The van der Waals surface area contributed by atoms with Gasteiger partial charge in [0.2, 0.25) is 0 Å². The lowest BCUT2D eigenvalue weighted by atomic mass is 10.0. The van der Waals surface area contributed by atoms with Gasteiger partial charge in [0.25, 0.3) is 5.91 Å². The minimum Gasteiger partial charge on any atom is -0.444 e. The van der Waals surface area contributed by atoms with Crippen molar-refractivity contribution < 1.29 is 14.3 Å². The van der Waals surface area contributed by atoms with Crippen molar-refractivity contribution in [1.82, 2.24) is 20.2 Å². The van der Waals surface area contributed by atoms with Crippen LogP contribution in [0.25, 0.3) is 0 Å². The molecule has 0 aromatic carbocycles. The highest BCUT2D eigenvalue weighted by atomic mass is 16.6. The van der Waals surface area contributed by atoms with Crippen molar-refractivity contribution in [2.45, 2.75) is 45.3 Å². The first-order chi connectivity index (χ1) is 11.2. The molecule has 128 valence electrons. The highest BCUT2D eigenvalue weighted by Gasteiger charge is 2.29. The number of nitrogen functional groups attached to an aromatic ring is 1. The standard InChI is InChI=1S/C15H22BN5O3/c1-15(2,3)24-14(23)21-6-4-5-9(8-21)19-13(22)11-12(17)18-7-10(16)20-11/h7,9H,4-6,8H2,1-3H3,(H2,17,18)(H,19,22)/t9-/m0/s1. The van der Waals surface area contributed by atoms with E-state index in [1.807, 2.05) is 20.8 Å². The lowest BCUT2D eigenvalue weighted by Crippen LogP contribution is -2.51. The third kappa shape index (κ3) is 4.84. The molecule has 3 N–H and O–H groups in total.